The third-order valence-electron chi connectivity index (χ3n) is 6.07. The Balaban J connectivity index is 1.35. The summed E-state index contributed by atoms with van der Waals surface area (Å²) in [5.41, 5.74) is 3.56. The van der Waals surface area contributed by atoms with E-state index in [0.717, 1.165) is 48.8 Å². The first-order valence-corrected chi connectivity index (χ1v) is 11.6. The van der Waals surface area contributed by atoms with Crippen LogP contribution >= 0.6 is 11.6 Å². The number of ether oxygens (including phenoxy) is 2. The third kappa shape index (κ3) is 4.49. The maximum absolute atomic E-state index is 6.37. The Bertz CT molecular complexity index is 1350. The first-order chi connectivity index (χ1) is 17.0. The molecule has 0 N–H and O–H groups in total. The molecule has 10 nitrogen and oxygen atoms in total. The number of pyridine rings is 1. The maximum atomic E-state index is 6.37. The van der Waals surface area contributed by atoms with Gasteiger partial charge in [-0.3, -0.25) is 0 Å². The lowest BCUT2D eigenvalue weighted by Gasteiger charge is -2.36. The Morgan fingerprint density at radius 2 is 1.66 bits per heavy atom. The van der Waals surface area contributed by atoms with Crippen LogP contribution < -0.4 is 24.2 Å². The number of piperazine rings is 1. The molecule has 4 aromatic rings. The second-order valence-corrected chi connectivity index (χ2v) is 8.82. The van der Waals surface area contributed by atoms with Gasteiger partial charge in [-0.2, -0.15) is 4.98 Å². The van der Waals surface area contributed by atoms with Gasteiger partial charge in [-0.25, -0.2) is 15.0 Å². The molecule has 1 aliphatic rings. The number of imidazole rings is 1. The standard InChI is InChI=1S/C24H27ClN8O2/c1-30(2)23-26-15-27-24(29-23)32-9-7-31(8-10-32)16-5-6-33-14-19(28-22(33)11-16)17-12-18(25)21(35-4)13-20(17)34-3/h5-6,11-15H,7-10H2,1-4H3. The summed E-state index contributed by atoms with van der Waals surface area (Å²) in [6, 6.07) is 7.81. The van der Waals surface area contributed by atoms with Gasteiger partial charge in [0.05, 0.1) is 24.9 Å². The van der Waals surface area contributed by atoms with Crippen LogP contribution in [0.15, 0.2) is 43.0 Å². The molecular weight excluding hydrogens is 468 g/mol. The average molecular weight is 495 g/mol. The fraction of sp³-hybridized carbons (Fsp3) is 0.333. The average Bonchev–Trinajstić information content (AvgIpc) is 3.32. The summed E-state index contributed by atoms with van der Waals surface area (Å²) >= 11 is 6.37. The van der Waals surface area contributed by atoms with Gasteiger partial charge in [0.25, 0.3) is 0 Å². The number of fused-ring (bicyclic) bond motifs is 1. The van der Waals surface area contributed by atoms with Gasteiger partial charge < -0.3 is 28.6 Å². The zero-order chi connectivity index (χ0) is 24.5. The number of nitrogens with zero attached hydrogens (tertiary/aromatic N) is 8. The number of benzene rings is 1. The number of methoxy groups -OCH3 is 2. The molecule has 0 amide bonds. The number of hydrogen-bond acceptors (Lipinski definition) is 9. The van der Waals surface area contributed by atoms with Crippen LogP contribution in [0.5, 0.6) is 11.5 Å². The van der Waals surface area contributed by atoms with Crippen LogP contribution in [0.3, 0.4) is 0 Å². The summed E-state index contributed by atoms with van der Waals surface area (Å²) in [5.74, 6) is 2.59. The number of anilines is 3. The highest BCUT2D eigenvalue weighted by Gasteiger charge is 2.21. The van der Waals surface area contributed by atoms with E-state index in [0.29, 0.717) is 28.4 Å². The quantitative estimate of drug-likeness (QED) is 0.401. The topological polar surface area (TPSA) is 84.2 Å². The monoisotopic (exact) mass is 494 g/mol. The van der Waals surface area contributed by atoms with Crippen LogP contribution in [0.2, 0.25) is 5.02 Å². The summed E-state index contributed by atoms with van der Waals surface area (Å²) in [6.45, 7) is 3.36. The highest BCUT2D eigenvalue weighted by molar-refractivity contribution is 6.32. The van der Waals surface area contributed by atoms with E-state index in [9.17, 15) is 0 Å². The van der Waals surface area contributed by atoms with Crippen molar-refractivity contribution in [2.24, 2.45) is 0 Å². The second-order valence-electron chi connectivity index (χ2n) is 8.42. The fourth-order valence-electron chi connectivity index (χ4n) is 4.17. The lowest BCUT2D eigenvalue weighted by molar-refractivity contribution is 0.395. The van der Waals surface area contributed by atoms with Crippen LogP contribution in [0, 0.1) is 0 Å². The first kappa shape index (κ1) is 23.0. The normalized spacial score (nSPS) is 13.9. The minimum atomic E-state index is 0.509. The Morgan fingerprint density at radius 1 is 0.914 bits per heavy atom. The Hall–Kier alpha value is -3.79. The van der Waals surface area contributed by atoms with E-state index in [-0.39, 0.29) is 0 Å². The summed E-state index contributed by atoms with van der Waals surface area (Å²) < 4.78 is 12.9. The summed E-state index contributed by atoms with van der Waals surface area (Å²) in [4.78, 5) is 24.4. The number of halogens is 1. The van der Waals surface area contributed by atoms with Crippen molar-refractivity contribution in [3.05, 3.63) is 48.0 Å². The molecule has 1 saturated heterocycles. The highest BCUT2D eigenvalue weighted by Crippen LogP contribution is 2.38. The lowest BCUT2D eigenvalue weighted by atomic mass is 10.1. The lowest BCUT2D eigenvalue weighted by Crippen LogP contribution is -2.47. The molecule has 35 heavy (non-hydrogen) atoms. The van der Waals surface area contributed by atoms with Crippen molar-refractivity contribution >= 4 is 34.8 Å². The molecule has 5 rings (SSSR count). The van der Waals surface area contributed by atoms with Crippen molar-refractivity contribution < 1.29 is 9.47 Å². The smallest absolute Gasteiger partial charge is 0.230 e. The van der Waals surface area contributed by atoms with Gasteiger partial charge in [-0.1, -0.05) is 11.6 Å². The van der Waals surface area contributed by atoms with Crippen LogP contribution in [-0.2, 0) is 0 Å². The van der Waals surface area contributed by atoms with Gasteiger partial charge in [-0.05, 0) is 12.1 Å². The number of aromatic nitrogens is 5. The van der Waals surface area contributed by atoms with Gasteiger partial charge in [0.1, 0.15) is 23.5 Å². The highest BCUT2D eigenvalue weighted by atomic mass is 35.5. The maximum Gasteiger partial charge on any atom is 0.230 e. The summed E-state index contributed by atoms with van der Waals surface area (Å²) in [6.07, 6.45) is 5.57. The molecule has 0 bridgehead atoms. The van der Waals surface area contributed by atoms with Gasteiger partial charge in [0, 0.05) is 76.1 Å². The third-order valence-corrected chi connectivity index (χ3v) is 6.36. The molecule has 0 atom stereocenters. The molecular formula is C24H27ClN8O2. The molecule has 182 valence electrons. The van der Waals surface area contributed by atoms with Crippen molar-refractivity contribution in [3.63, 3.8) is 0 Å². The van der Waals surface area contributed by atoms with Crippen LogP contribution in [0.1, 0.15) is 0 Å². The van der Waals surface area contributed by atoms with Crippen LogP contribution in [-0.4, -0.2) is 78.8 Å². The van der Waals surface area contributed by atoms with Crippen molar-refractivity contribution in [1.82, 2.24) is 24.3 Å². The van der Waals surface area contributed by atoms with Crippen molar-refractivity contribution in [2.45, 2.75) is 0 Å². The van der Waals surface area contributed by atoms with Crippen molar-refractivity contribution in [2.75, 3.05) is 69.2 Å². The molecule has 3 aromatic heterocycles. The van der Waals surface area contributed by atoms with Gasteiger partial charge in [0.2, 0.25) is 11.9 Å². The Morgan fingerprint density at radius 3 is 2.37 bits per heavy atom. The molecule has 0 spiro atoms. The van der Waals surface area contributed by atoms with E-state index in [4.69, 9.17) is 26.1 Å². The molecule has 0 aliphatic carbocycles. The fourth-order valence-corrected chi connectivity index (χ4v) is 4.41. The minimum absolute atomic E-state index is 0.509. The van der Waals surface area contributed by atoms with E-state index in [2.05, 4.69) is 36.9 Å². The van der Waals surface area contributed by atoms with Crippen molar-refractivity contribution in [3.8, 4) is 22.8 Å². The summed E-state index contributed by atoms with van der Waals surface area (Å²) in [7, 11) is 7.05. The molecule has 1 fully saturated rings. The first-order valence-electron chi connectivity index (χ1n) is 11.2. The van der Waals surface area contributed by atoms with E-state index in [1.54, 1.807) is 26.6 Å². The largest absolute Gasteiger partial charge is 0.496 e. The molecule has 0 saturated carbocycles. The Kier molecular flexibility index (Phi) is 6.21. The predicted molar refractivity (Wildman–Crippen MR) is 137 cm³/mol. The molecule has 11 heteroatoms. The molecule has 1 aromatic carbocycles. The van der Waals surface area contributed by atoms with Crippen LogP contribution in [0.25, 0.3) is 16.9 Å². The molecule has 4 heterocycles. The van der Waals surface area contributed by atoms with E-state index < -0.39 is 0 Å². The van der Waals surface area contributed by atoms with Crippen LogP contribution in [0.4, 0.5) is 17.6 Å². The number of rotatable bonds is 6. The molecule has 1 aliphatic heterocycles. The van der Waals surface area contributed by atoms with Gasteiger partial charge in [-0.15, -0.1) is 0 Å². The van der Waals surface area contributed by atoms with Gasteiger partial charge in [0.15, 0.2) is 0 Å². The van der Waals surface area contributed by atoms with E-state index >= 15 is 0 Å². The summed E-state index contributed by atoms with van der Waals surface area (Å²) in [5, 5.41) is 0.509. The van der Waals surface area contributed by atoms with Gasteiger partial charge >= 0.3 is 0 Å². The molecule has 0 unspecified atom stereocenters. The van der Waals surface area contributed by atoms with Crippen molar-refractivity contribution in [1.29, 1.82) is 0 Å². The predicted octanol–water partition coefficient (Wildman–Crippen LogP) is 3.25. The molecule has 0 radical (unpaired) electrons. The minimum Gasteiger partial charge on any atom is -0.496 e. The second kappa shape index (κ2) is 9.46. The zero-order valence-electron chi connectivity index (χ0n) is 20.1. The van der Waals surface area contributed by atoms with E-state index in [1.165, 1.54) is 0 Å². The zero-order valence-corrected chi connectivity index (χ0v) is 20.9. The Labute approximate surface area is 208 Å². The SMILES string of the molecule is COc1cc(OC)c(-c2cn3ccc(N4CCN(c5ncnc(N(C)C)n5)CC4)cc3n2)cc1Cl. The van der Waals surface area contributed by atoms with E-state index in [1.807, 2.05) is 41.9 Å². The number of hydrogen-bond donors (Lipinski definition) is 0.